The third-order valence-electron chi connectivity index (χ3n) is 3.47. The van der Waals surface area contributed by atoms with E-state index in [2.05, 4.69) is 10.4 Å². The first-order valence-electron chi connectivity index (χ1n) is 6.90. The number of rotatable bonds is 4. The Morgan fingerprint density at radius 1 is 1.35 bits per heavy atom. The lowest BCUT2D eigenvalue weighted by atomic mass is 10.2. The van der Waals surface area contributed by atoms with Crippen molar-refractivity contribution in [2.24, 2.45) is 0 Å². The Morgan fingerprint density at radius 3 is 2.43 bits per heavy atom. The summed E-state index contributed by atoms with van der Waals surface area (Å²) >= 11 is 0. The number of nitrogens with two attached hydrogens (primary N) is 1. The molecule has 0 aliphatic rings. The largest absolute Gasteiger partial charge is 0.416 e. The topological polar surface area (TPSA) is 79.7 Å². The SMILES string of the molecule is Cc1nn(C(C)CNc2ccc(C(F)(F)F)cc2)c(N)c1C#N. The summed E-state index contributed by atoms with van der Waals surface area (Å²) in [6, 6.07) is 6.61. The molecule has 1 unspecified atom stereocenters. The minimum atomic E-state index is -4.35. The Hall–Kier alpha value is -2.69. The van der Waals surface area contributed by atoms with Crippen LogP contribution in [0.2, 0.25) is 0 Å². The Bertz CT molecular complexity index is 725. The van der Waals surface area contributed by atoms with Gasteiger partial charge in [0.05, 0.1) is 17.3 Å². The number of aryl methyl sites for hydroxylation is 1. The number of aromatic nitrogens is 2. The fourth-order valence-corrected chi connectivity index (χ4v) is 2.17. The first-order chi connectivity index (χ1) is 10.7. The molecule has 1 atom stereocenters. The molecule has 0 bridgehead atoms. The molecule has 2 aromatic rings. The van der Waals surface area contributed by atoms with Crippen LogP contribution in [0.1, 0.15) is 29.8 Å². The van der Waals surface area contributed by atoms with Gasteiger partial charge in [-0.25, -0.2) is 4.68 Å². The second-order valence-corrected chi connectivity index (χ2v) is 5.21. The van der Waals surface area contributed by atoms with Crippen molar-refractivity contribution in [2.45, 2.75) is 26.1 Å². The van der Waals surface area contributed by atoms with E-state index >= 15 is 0 Å². The highest BCUT2D eigenvalue weighted by Crippen LogP contribution is 2.30. The van der Waals surface area contributed by atoms with E-state index in [4.69, 9.17) is 11.0 Å². The molecule has 23 heavy (non-hydrogen) atoms. The fraction of sp³-hybridized carbons (Fsp3) is 0.333. The first kappa shape index (κ1) is 16.7. The van der Waals surface area contributed by atoms with Crippen LogP contribution >= 0.6 is 0 Å². The molecule has 0 saturated heterocycles. The van der Waals surface area contributed by atoms with E-state index in [1.165, 1.54) is 16.8 Å². The number of benzene rings is 1. The summed E-state index contributed by atoms with van der Waals surface area (Å²) in [6.07, 6.45) is -4.35. The van der Waals surface area contributed by atoms with Crippen LogP contribution < -0.4 is 11.1 Å². The van der Waals surface area contributed by atoms with Crippen molar-refractivity contribution >= 4 is 11.5 Å². The predicted octanol–water partition coefficient (Wildman–Crippen LogP) is 3.34. The molecule has 0 spiro atoms. The minimum absolute atomic E-state index is 0.168. The van der Waals surface area contributed by atoms with Crippen molar-refractivity contribution in [3.63, 3.8) is 0 Å². The molecule has 0 radical (unpaired) electrons. The molecule has 1 heterocycles. The first-order valence-corrected chi connectivity index (χ1v) is 6.90. The number of alkyl halides is 3. The lowest BCUT2D eigenvalue weighted by Gasteiger charge is -2.16. The smallest absolute Gasteiger partial charge is 0.383 e. The maximum atomic E-state index is 12.5. The molecule has 8 heteroatoms. The quantitative estimate of drug-likeness (QED) is 0.904. The van der Waals surface area contributed by atoms with Crippen molar-refractivity contribution in [2.75, 3.05) is 17.6 Å². The predicted molar refractivity (Wildman–Crippen MR) is 80.7 cm³/mol. The maximum Gasteiger partial charge on any atom is 0.416 e. The number of nitriles is 1. The zero-order chi connectivity index (χ0) is 17.2. The fourth-order valence-electron chi connectivity index (χ4n) is 2.17. The molecule has 0 amide bonds. The molecule has 3 N–H and O–H groups in total. The number of nitrogen functional groups attached to an aromatic ring is 1. The molecule has 5 nitrogen and oxygen atoms in total. The van der Waals surface area contributed by atoms with Crippen LogP contribution in [0.3, 0.4) is 0 Å². The molecule has 1 aromatic carbocycles. The van der Waals surface area contributed by atoms with Crippen molar-refractivity contribution in [1.29, 1.82) is 5.26 Å². The summed E-state index contributed by atoms with van der Waals surface area (Å²) in [5.41, 5.74) is 6.63. The van der Waals surface area contributed by atoms with Crippen LogP contribution in [-0.4, -0.2) is 16.3 Å². The summed E-state index contributed by atoms with van der Waals surface area (Å²) in [6.45, 7) is 3.95. The molecular weight excluding hydrogens is 307 g/mol. The van der Waals surface area contributed by atoms with E-state index in [0.29, 0.717) is 23.5 Å². The Kier molecular flexibility index (Phi) is 4.50. The lowest BCUT2D eigenvalue weighted by molar-refractivity contribution is -0.137. The third-order valence-corrected chi connectivity index (χ3v) is 3.47. The molecule has 0 fully saturated rings. The van der Waals surface area contributed by atoms with Crippen molar-refractivity contribution in [1.82, 2.24) is 9.78 Å². The van der Waals surface area contributed by atoms with E-state index in [9.17, 15) is 13.2 Å². The van der Waals surface area contributed by atoms with Crippen molar-refractivity contribution in [3.05, 3.63) is 41.1 Å². The number of hydrogen-bond donors (Lipinski definition) is 2. The molecule has 2 rings (SSSR count). The minimum Gasteiger partial charge on any atom is -0.383 e. The number of anilines is 2. The summed E-state index contributed by atoms with van der Waals surface area (Å²) in [5, 5.41) is 16.3. The van der Waals surface area contributed by atoms with Crippen LogP contribution in [0.5, 0.6) is 0 Å². The average molecular weight is 323 g/mol. The molecule has 122 valence electrons. The van der Waals surface area contributed by atoms with Gasteiger partial charge in [0.2, 0.25) is 0 Å². The lowest BCUT2D eigenvalue weighted by Crippen LogP contribution is -2.19. The van der Waals surface area contributed by atoms with Gasteiger partial charge in [-0.2, -0.15) is 23.5 Å². The van der Waals surface area contributed by atoms with Gasteiger partial charge in [-0.3, -0.25) is 0 Å². The monoisotopic (exact) mass is 323 g/mol. The highest BCUT2D eigenvalue weighted by atomic mass is 19.4. The van der Waals surface area contributed by atoms with E-state index in [0.717, 1.165) is 12.1 Å². The van der Waals surface area contributed by atoms with Crippen LogP contribution in [-0.2, 0) is 6.18 Å². The van der Waals surface area contributed by atoms with Gasteiger partial charge >= 0.3 is 6.18 Å². The summed E-state index contributed by atoms with van der Waals surface area (Å²) in [7, 11) is 0. The molecule has 0 aliphatic heterocycles. The molecule has 0 saturated carbocycles. The second kappa shape index (κ2) is 6.20. The van der Waals surface area contributed by atoms with E-state index < -0.39 is 11.7 Å². The summed E-state index contributed by atoms with van der Waals surface area (Å²) < 4.78 is 39.0. The second-order valence-electron chi connectivity index (χ2n) is 5.21. The van der Waals surface area contributed by atoms with Gasteiger partial charge in [-0.05, 0) is 38.1 Å². The van der Waals surface area contributed by atoms with Crippen LogP contribution in [0.15, 0.2) is 24.3 Å². The Labute approximate surface area is 131 Å². The van der Waals surface area contributed by atoms with Crippen LogP contribution in [0, 0.1) is 18.3 Å². The zero-order valence-electron chi connectivity index (χ0n) is 12.6. The van der Waals surface area contributed by atoms with Gasteiger partial charge in [0, 0.05) is 12.2 Å². The highest BCUT2D eigenvalue weighted by Gasteiger charge is 2.29. The molecule has 1 aromatic heterocycles. The van der Waals surface area contributed by atoms with Crippen molar-refractivity contribution in [3.8, 4) is 6.07 Å². The van der Waals surface area contributed by atoms with Crippen LogP contribution in [0.4, 0.5) is 24.7 Å². The third kappa shape index (κ3) is 3.56. The van der Waals surface area contributed by atoms with Gasteiger partial charge in [0.25, 0.3) is 0 Å². The molecular formula is C15H16F3N5. The van der Waals surface area contributed by atoms with Gasteiger partial charge in [0.15, 0.2) is 0 Å². The van der Waals surface area contributed by atoms with Gasteiger partial charge in [-0.1, -0.05) is 0 Å². The summed E-state index contributed by atoms with van der Waals surface area (Å²) in [4.78, 5) is 0. The number of nitrogens with zero attached hydrogens (tertiary/aromatic N) is 3. The van der Waals surface area contributed by atoms with E-state index in [1.807, 2.05) is 13.0 Å². The van der Waals surface area contributed by atoms with Gasteiger partial charge < -0.3 is 11.1 Å². The van der Waals surface area contributed by atoms with Crippen LogP contribution in [0.25, 0.3) is 0 Å². The number of hydrogen-bond acceptors (Lipinski definition) is 4. The zero-order valence-corrected chi connectivity index (χ0v) is 12.6. The Morgan fingerprint density at radius 2 is 1.96 bits per heavy atom. The Balaban J connectivity index is 2.05. The highest BCUT2D eigenvalue weighted by molar-refractivity contribution is 5.52. The number of halogens is 3. The van der Waals surface area contributed by atoms with Gasteiger partial charge in [0.1, 0.15) is 17.5 Å². The standard InChI is InChI=1S/C15H16F3N5/c1-9(23-14(20)13(7-19)10(2)22-23)8-21-12-5-3-11(4-6-12)15(16,17)18/h3-6,9,21H,8,20H2,1-2H3. The normalized spacial score (nSPS) is 12.7. The number of nitrogens with one attached hydrogen (secondary N) is 1. The van der Waals surface area contributed by atoms with E-state index in [-0.39, 0.29) is 11.9 Å². The molecule has 0 aliphatic carbocycles. The average Bonchev–Trinajstić information content (AvgIpc) is 2.78. The summed E-state index contributed by atoms with van der Waals surface area (Å²) in [5.74, 6) is 0.284. The van der Waals surface area contributed by atoms with Gasteiger partial charge in [-0.15, -0.1) is 0 Å². The van der Waals surface area contributed by atoms with Crippen molar-refractivity contribution < 1.29 is 13.2 Å². The van der Waals surface area contributed by atoms with E-state index in [1.54, 1.807) is 6.92 Å². The maximum absolute atomic E-state index is 12.5.